The molecule has 0 aliphatic carbocycles. The molecule has 0 bridgehead atoms. The number of carbonyl (C=O) groups excluding carboxylic acids is 1. The van der Waals surface area contributed by atoms with Gasteiger partial charge in [0.25, 0.3) is 0 Å². The highest BCUT2D eigenvalue weighted by Crippen LogP contribution is 2.31. The van der Waals surface area contributed by atoms with Crippen molar-refractivity contribution in [3.63, 3.8) is 0 Å². The number of ketones is 1. The summed E-state index contributed by atoms with van der Waals surface area (Å²) in [6, 6.07) is 3.93. The van der Waals surface area contributed by atoms with E-state index in [4.69, 9.17) is 0 Å². The summed E-state index contributed by atoms with van der Waals surface area (Å²) < 4.78 is 2.89. The Balaban J connectivity index is 2.18. The first kappa shape index (κ1) is 17.2. The first-order chi connectivity index (χ1) is 11.4. The van der Waals surface area contributed by atoms with Crippen LogP contribution in [0.1, 0.15) is 24.2 Å². The number of carbonyl (C=O) groups is 1. The minimum Gasteiger partial charge on any atom is -0.368 e. The number of hydrogen-bond donors (Lipinski definition) is 0. The van der Waals surface area contributed by atoms with Crippen molar-refractivity contribution in [2.75, 3.05) is 38.1 Å². The van der Waals surface area contributed by atoms with E-state index in [1.165, 1.54) is 6.92 Å². The summed E-state index contributed by atoms with van der Waals surface area (Å²) >= 11 is 3.62. The van der Waals surface area contributed by atoms with Crippen molar-refractivity contribution in [2.24, 2.45) is 0 Å². The summed E-state index contributed by atoms with van der Waals surface area (Å²) in [4.78, 5) is 29.1. The molecule has 0 spiro atoms. The van der Waals surface area contributed by atoms with Crippen LogP contribution in [0.5, 0.6) is 0 Å². The highest BCUT2D eigenvalue weighted by atomic mass is 79.9. The van der Waals surface area contributed by atoms with Gasteiger partial charge >= 0.3 is 0 Å². The van der Waals surface area contributed by atoms with E-state index in [1.54, 1.807) is 6.20 Å². The van der Waals surface area contributed by atoms with Crippen molar-refractivity contribution in [1.29, 1.82) is 0 Å². The summed E-state index contributed by atoms with van der Waals surface area (Å²) in [6.07, 6.45) is 1.69. The van der Waals surface area contributed by atoms with Crippen LogP contribution in [0.25, 0.3) is 10.9 Å². The lowest BCUT2D eigenvalue weighted by Crippen LogP contribution is -2.44. The number of aromatic nitrogens is 1. The standard InChI is InChI=1S/C18H22BrN3O2/c1-4-21-11-14(12(2)23)18(24)13-9-15(19)17(10-16(13)21)22-7-5-20(3)6-8-22/h9-11H,4-8H2,1-3H3. The van der Waals surface area contributed by atoms with Crippen LogP contribution in [-0.2, 0) is 6.54 Å². The molecule has 1 aromatic heterocycles. The molecule has 2 heterocycles. The normalized spacial score (nSPS) is 15.9. The van der Waals surface area contributed by atoms with Crippen LogP contribution in [0.2, 0.25) is 0 Å². The number of fused-ring (bicyclic) bond motifs is 1. The van der Waals surface area contributed by atoms with Gasteiger partial charge in [-0.15, -0.1) is 0 Å². The Hall–Kier alpha value is -1.66. The molecule has 2 aromatic rings. The Morgan fingerprint density at radius 2 is 1.88 bits per heavy atom. The number of Topliss-reactive ketones (excluding diaryl/α,β-unsaturated/α-hetero) is 1. The second-order valence-electron chi connectivity index (χ2n) is 6.33. The van der Waals surface area contributed by atoms with Crippen LogP contribution < -0.4 is 10.3 Å². The van der Waals surface area contributed by atoms with E-state index in [-0.39, 0.29) is 16.8 Å². The summed E-state index contributed by atoms with van der Waals surface area (Å²) in [5.41, 5.74) is 2.05. The maximum absolute atomic E-state index is 12.6. The number of halogens is 1. The third-order valence-corrected chi connectivity index (χ3v) is 5.35. The molecule has 128 valence electrons. The van der Waals surface area contributed by atoms with Crippen LogP contribution in [0.4, 0.5) is 5.69 Å². The molecule has 0 radical (unpaired) electrons. The van der Waals surface area contributed by atoms with Crippen molar-refractivity contribution in [3.8, 4) is 0 Å². The maximum Gasteiger partial charge on any atom is 0.200 e. The third kappa shape index (κ3) is 3.00. The maximum atomic E-state index is 12.6. The predicted molar refractivity (Wildman–Crippen MR) is 101 cm³/mol. The molecule has 1 aliphatic rings. The van der Waals surface area contributed by atoms with Gasteiger partial charge in [0.05, 0.1) is 16.8 Å². The summed E-state index contributed by atoms with van der Waals surface area (Å²) in [5.74, 6) is -0.191. The molecule has 5 nitrogen and oxygen atoms in total. The number of pyridine rings is 1. The Labute approximate surface area is 150 Å². The number of benzene rings is 1. The van der Waals surface area contributed by atoms with E-state index in [9.17, 15) is 9.59 Å². The number of likely N-dealkylation sites (N-methyl/N-ethyl adjacent to an activating group) is 1. The van der Waals surface area contributed by atoms with Crippen LogP contribution >= 0.6 is 15.9 Å². The molecule has 0 amide bonds. The Kier molecular flexibility index (Phi) is 4.78. The smallest absolute Gasteiger partial charge is 0.200 e. The lowest BCUT2D eigenvalue weighted by Gasteiger charge is -2.34. The highest BCUT2D eigenvalue weighted by molar-refractivity contribution is 9.10. The zero-order valence-electron chi connectivity index (χ0n) is 14.3. The second-order valence-corrected chi connectivity index (χ2v) is 7.18. The SMILES string of the molecule is CCn1cc(C(C)=O)c(=O)c2cc(Br)c(N3CCN(C)CC3)cc21. The van der Waals surface area contributed by atoms with Gasteiger partial charge in [-0.2, -0.15) is 0 Å². The first-order valence-corrected chi connectivity index (χ1v) is 9.02. The molecule has 24 heavy (non-hydrogen) atoms. The number of aryl methyl sites for hydroxylation is 1. The average molecular weight is 392 g/mol. The first-order valence-electron chi connectivity index (χ1n) is 8.23. The van der Waals surface area contributed by atoms with Gasteiger partial charge in [-0.1, -0.05) is 0 Å². The van der Waals surface area contributed by atoms with E-state index < -0.39 is 0 Å². The lowest BCUT2D eigenvalue weighted by molar-refractivity contribution is 0.101. The summed E-state index contributed by atoms with van der Waals surface area (Å²) in [6.45, 7) is 8.14. The fourth-order valence-corrected chi connectivity index (χ4v) is 3.80. The molecule has 0 saturated carbocycles. The number of hydrogen-bond acceptors (Lipinski definition) is 4. The van der Waals surface area contributed by atoms with Gasteiger partial charge in [0.15, 0.2) is 11.2 Å². The molecule has 1 aromatic carbocycles. The minimum absolute atomic E-state index is 0.187. The molecule has 6 heteroatoms. The van der Waals surface area contributed by atoms with E-state index in [0.29, 0.717) is 11.9 Å². The monoisotopic (exact) mass is 391 g/mol. The molecular formula is C18H22BrN3O2. The number of rotatable bonds is 3. The zero-order valence-corrected chi connectivity index (χ0v) is 15.9. The van der Waals surface area contributed by atoms with Gasteiger partial charge in [0, 0.05) is 48.8 Å². The van der Waals surface area contributed by atoms with Gasteiger partial charge < -0.3 is 14.4 Å². The van der Waals surface area contributed by atoms with E-state index in [1.807, 2.05) is 17.6 Å². The van der Waals surface area contributed by atoms with Crippen LogP contribution in [0, 0.1) is 0 Å². The Morgan fingerprint density at radius 1 is 1.21 bits per heavy atom. The summed E-state index contributed by atoms with van der Waals surface area (Å²) in [5, 5.41) is 0.592. The number of nitrogens with zero attached hydrogens (tertiary/aromatic N) is 3. The van der Waals surface area contributed by atoms with Gasteiger partial charge in [-0.05, 0) is 49.0 Å². The zero-order chi connectivity index (χ0) is 17.4. The molecule has 3 rings (SSSR count). The number of piperazine rings is 1. The Bertz CT molecular complexity index is 851. The largest absolute Gasteiger partial charge is 0.368 e. The summed E-state index contributed by atoms with van der Waals surface area (Å²) in [7, 11) is 2.13. The molecule has 1 fully saturated rings. The van der Waals surface area contributed by atoms with Gasteiger partial charge in [-0.25, -0.2) is 0 Å². The molecule has 0 atom stereocenters. The van der Waals surface area contributed by atoms with Crippen LogP contribution in [-0.4, -0.2) is 48.5 Å². The second kappa shape index (κ2) is 6.69. The number of anilines is 1. The highest BCUT2D eigenvalue weighted by Gasteiger charge is 2.19. The topological polar surface area (TPSA) is 45.6 Å². The third-order valence-electron chi connectivity index (χ3n) is 4.71. The van der Waals surface area contributed by atoms with Crippen molar-refractivity contribution in [1.82, 2.24) is 9.47 Å². The fraction of sp³-hybridized carbons (Fsp3) is 0.444. The average Bonchev–Trinajstić information content (AvgIpc) is 2.56. The van der Waals surface area contributed by atoms with Gasteiger partial charge in [0.1, 0.15) is 0 Å². The van der Waals surface area contributed by atoms with Gasteiger partial charge in [-0.3, -0.25) is 9.59 Å². The minimum atomic E-state index is -0.191. The van der Waals surface area contributed by atoms with Gasteiger partial charge in [0.2, 0.25) is 0 Å². The van der Waals surface area contributed by atoms with Crippen molar-refractivity contribution in [3.05, 3.63) is 38.6 Å². The van der Waals surface area contributed by atoms with Crippen LogP contribution in [0.3, 0.4) is 0 Å². The molecule has 0 unspecified atom stereocenters. The quantitative estimate of drug-likeness (QED) is 0.754. The van der Waals surface area contributed by atoms with Crippen molar-refractivity contribution in [2.45, 2.75) is 20.4 Å². The molecule has 1 aliphatic heterocycles. The predicted octanol–water partition coefficient (Wildman–Crippen LogP) is 2.74. The van der Waals surface area contributed by atoms with E-state index in [2.05, 4.69) is 38.8 Å². The van der Waals surface area contributed by atoms with Crippen LogP contribution in [0.15, 0.2) is 27.6 Å². The van der Waals surface area contributed by atoms with Crippen molar-refractivity contribution < 1.29 is 4.79 Å². The fourth-order valence-electron chi connectivity index (χ4n) is 3.20. The van der Waals surface area contributed by atoms with Crippen molar-refractivity contribution >= 4 is 38.3 Å². The van der Waals surface area contributed by atoms with E-state index in [0.717, 1.165) is 41.9 Å². The lowest BCUT2D eigenvalue weighted by atomic mass is 10.1. The Morgan fingerprint density at radius 3 is 2.46 bits per heavy atom. The molecular weight excluding hydrogens is 370 g/mol. The molecule has 1 saturated heterocycles. The molecule has 0 N–H and O–H groups in total. The van der Waals surface area contributed by atoms with E-state index >= 15 is 0 Å².